The molecule has 1 atom stereocenters. The first-order chi connectivity index (χ1) is 15.8. The summed E-state index contributed by atoms with van der Waals surface area (Å²) in [5.74, 6) is -0.000765. The molecule has 5 nitrogen and oxygen atoms in total. The Morgan fingerprint density at radius 3 is 2.26 bits per heavy atom. The monoisotopic (exact) mass is 518 g/mol. The molecule has 1 aromatic carbocycles. The van der Waals surface area contributed by atoms with Crippen molar-refractivity contribution in [3.05, 3.63) is 33.7 Å². The second-order valence-corrected chi connectivity index (χ2v) is 12.9. The highest BCUT2D eigenvalue weighted by Crippen LogP contribution is 2.46. The highest BCUT2D eigenvalue weighted by molar-refractivity contribution is 8.08. The van der Waals surface area contributed by atoms with Crippen LogP contribution in [0.1, 0.15) is 50.7 Å². The number of alkyl halides is 3. The third kappa shape index (κ3) is 5.81. The van der Waals surface area contributed by atoms with Gasteiger partial charge in [-0.05, 0) is 54.9 Å². The minimum atomic E-state index is -4.53. The van der Waals surface area contributed by atoms with Gasteiger partial charge < -0.3 is 10.1 Å². The zero-order valence-corrected chi connectivity index (χ0v) is 21.7. The zero-order chi connectivity index (χ0) is 25.3. The van der Waals surface area contributed by atoms with E-state index in [1.165, 1.54) is 6.66 Å². The molecule has 1 saturated heterocycles. The lowest BCUT2D eigenvalue weighted by molar-refractivity contribution is -0.289. The number of ether oxygens (including phenoxy) is 1. The van der Waals surface area contributed by atoms with Crippen LogP contribution in [0.5, 0.6) is 0 Å². The molecule has 2 fully saturated rings. The van der Waals surface area contributed by atoms with Crippen LogP contribution in [0, 0.1) is 0 Å². The SMILES string of the molecule is C=c1cc(CC)c(=C2C(=O)NC3(CCC(OC)CC3)C2=[O+]P(C)(=S)OCC(F)(F)F)c(CC)c1. The highest BCUT2D eigenvalue weighted by atomic mass is 32.5. The van der Waals surface area contributed by atoms with Crippen molar-refractivity contribution in [2.45, 2.75) is 70.2 Å². The van der Waals surface area contributed by atoms with Gasteiger partial charge in [-0.1, -0.05) is 32.6 Å². The fourth-order valence-corrected chi connectivity index (χ4v) is 6.23. The maximum atomic E-state index is 13.5. The number of hydrogen-bond acceptors (Lipinski definition) is 4. The second-order valence-electron chi connectivity index (χ2n) is 8.92. The van der Waals surface area contributed by atoms with Gasteiger partial charge in [-0.2, -0.15) is 13.2 Å². The average Bonchev–Trinajstić information content (AvgIpc) is 3.01. The summed E-state index contributed by atoms with van der Waals surface area (Å²) >= 11 is 5.39. The molecule has 1 spiro atoms. The smallest absolute Gasteiger partial charge is 0.381 e. The van der Waals surface area contributed by atoms with E-state index in [0.29, 0.717) is 49.9 Å². The van der Waals surface area contributed by atoms with Crippen LogP contribution in [0.2, 0.25) is 0 Å². The van der Waals surface area contributed by atoms with Crippen molar-refractivity contribution >= 4 is 42.1 Å². The topological polar surface area (TPSA) is 58.9 Å². The van der Waals surface area contributed by atoms with Gasteiger partial charge >= 0.3 is 18.5 Å². The molecule has 34 heavy (non-hydrogen) atoms. The summed E-state index contributed by atoms with van der Waals surface area (Å²) in [5.41, 5.74) is 1.34. The Balaban J connectivity index is 2.28. The Kier molecular flexibility index (Phi) is 8.13. The fourth-order valence-electron chi connectivity index (χ4n) is 4.81. The van der Waals surface area contributed by atoms with Gasteiger partial charge in [0.1, 0.15) is 5.57 Å². The number of nitrogens with one attached hydrogen (secondary N) is 1. The molecule has 0 radical (unpaired) electrons. The van der Waals surface area contributed by atoms with E-state index in [2.05, 4.69) is 11.9 Å². The van der Waals surface area contributed by atoms with Crippen LogP contribution in [-0.2, 0) is 42.9 Å². The number of carbonyl (C=O) groups excluding carboxylic acids is 2. The van der Waals surface area contributed by atoms with Gasteiger partial charge in [-0.25, -0.2) is 4.21 Å². The molecule has 3 rings (SSSR count). The van der Waals surface area contributed by atoms with E-state index >= 15 is 0 Å². The van der Waals surface area contributed by atoms with Crippen molar-refractivity contribution in [1.82, 2.24) is 5.32 Å². The number of benzene rings is 1. The normalized spacial score (nSPS) is 26.2. The standard InChI is InChI=1S/C24H31F3NO4PS/c1-6-16-12-15(3)13-17(7-2)19(16)20-21(32-33(5,34)31-14-24(25,26)27)23(28-22(20)29)10-8-18(30-4)9-11-23/h12-13,18H,3,6-11,14H2,1-2,4-5H3/p+1. The van der Waals surface area contributed by atoms with E-state index in [-0.39, 0.29) is 12.0 Å². The maximum Gasteiger partial charge on any atom is 0.456 e. The zero-order valence-electron chi connectivity index (χ0n) is 20.0. The average molecular weight is 519 g/mol. The molecule has 0 bridgehead atoms. The molecule has 1 N–H and O–H groups in total. The highest BCUT2D eigenvalue weighted by Gasteiger charge is 2.58. The van der Waals surface area contributed by atoms with Crippen LogP contribution in [0.4, 0.5) is 13.2 Å². The Bertz CT molecular complexity index is 1110. The molecular weight excluding hydrogens is 486 g/mol. The van der Waals surface area contributed by atoms with Crippen molar-refractivity contribution < 1.29 is 31.4 Å². The van der Waals surface area contributed by atoms with Crippen molar-refractivity contribution in [2.75, 3.05) is 20.4 Å². The van der Waals surface area contributed by atoms with Gasteiger partial charge in [0, 0.05) is 24.1 Å². The number of carbonyl (C=O) groups is 1. The number of methoxy groups -OCH3 is 1. The van der Waals surface area contributed by atoms with Crippen LogP contribution in [0.3, 0.4) is 0 Å². The first-order valence-corrected chi connectivity index (χ1v) is 14.5. The Hall–Kier alpha value is -1.54. The third-order valence-electron chi connectivity index (χ3n) is 6.45. The Morgan fingerprint density at radius 1 is 1.24 bits per heavy atom. The molecule has 1 aliphatic carbocycles. The van der Waals surface area contributed by atoms with Crippen molar-refractivity contribution in [1.29, 1.82) is 0 Å². The number of rotatable bonds is 6. The van der Waals surface area contributed by atoms with E-state index in [4.69, 9.17) is 25.3 Å². The number of hydrogen-bond donors (Lipinski definition) is 1. The molecule has 1 unspecified atom stereocenters. The van der Waals surface area contributed by atoms with E-state index < -0.39 is 24.8 Å². The van der Waals surface area contributed by atoms with E-state index in [9.17, 15) is 18.0 Å². The van der Waals surface area contributed by atoms with Gasteiger partial charge in [0.2, 0.25) is 0 Å². The Labute approximate surface area is 203 Å². The van der Waals surface area contributed by atoms with Gasteiger partial charge in [-0.15, -0.1) is 0 Å². The summed E-state index contributed by atoms with van der Waals surface area (Å²) in [4.78, 5) is 13.5. The largest absolute Gasteiger partial charge is 0.456 e. The van der Waals surface area contributed by atoms with Crippen molar-refractivity contribution in [2.24, 2.45) is 0 Å². The van der Waals surface area contributed by atoms with Crippen molar-refractivity contribution in [3.8, 4) is 0 Å². The van der Waals surface area contributed by atoms with Gasteiger partial charge in [0.25, 0.3) is 5.91 Å². The van der Waals surface area contributed by atoms with Gasteiger partial charge in [0.05, 0.1) is 12.8 Å². The lowest BCUT2D eigenvalue weighted by Gasteiger charge is -2.32. The minimum Gasteiger partial charge on any atom is -0.381 e. The number of aryl methyl sites for hydroxylation is 2. The molecule has 10 heteroatoms. The molecule has 2 aliphatic rings. The van der Waals surface area contributed by atoms with Gasteiger partial charge in [0.15, 0.2) is 12.1 Å². The predicted molar refractivity (Wildman–Crippen MR) is 131 cm³/mol. The van der Waals surface area contributed by atoms with Crippen LogP contribution in [0.15, 0.2) is 12.1 Å². The summed E-state index contributed by atoms with van der Waals surface area (Å²) in [6.07, 6.45) is -0.784. The van der Waals surface area contributed by atoms with Crippen LogP contribution < -0.4 is 15.8 Å². The first kappa shape index (κ1) is 27.1. The molecule has 1 aliphatic heterocycles. The van der Waals surface area contributed by atoms with Crippen LogP contribution in [-0.4, -0.2) is 49.9 Å². The number of halogens is 3. The lowest BCUT2D eigenvalue weighted by Crippen LogP contribution is -2.50. The maximum absolute atomic E-state index is 13.5. The molecule has 1 aromatic rings. The minimum absolute atomic E-state index is 0.0434. The fraction of sp³-hybridized carbons (Fsp3) is 0.583. The summed E-state index contributed by atoms with van der Waals surface area (Å²) < 4.78 is 55.3. The van der Waals surface area contributed by atoms with Crippen LogP contribution in [0.25, 0.3) is 12.2 Å². The van der Waals surface area contributed by atoms with Crippen molar-refractivity contribution in [3.63, 3.8) is 0 Å². The molecule has 1 heterocycles. The summed E-state index contributed by atoms with van der Waals surface area (Å²) in [5, 5.41) is 4.70. The number of amides is 1. The van der Waals surface area contributed by atoms with E-state index in [1.807, 2.05) is 26.0 Å². The molecule has 0 aromatic heterocycles. The molecule has 1 saturated carbocycles. The summed E-state index contributed by atoms with van der Waals surface area (Å²) in [6.45, 7) is 4.53. The van der Waals surface area contributed by atoms with Gasteiger partial charge in [-0.3, -0.25) is 9.32 Å². The van der Waals surface area contributed by atoms with Crippen LogP contribution >= 0.6 is 6.49 Å². The second kappa shape index (κ2) is 10.2. The Morgan fingerprint density at radius 2 is 1.79 bits per heavy atom. The summed E-state index contributed by atoms with van der Waals surface area (Å²) in [7, 11) is 1.65. The quantitative estimate of drug-likeness (QED) is 0.463. The third-order valence-corrected chi connectivity index (χ3v) is 8.11. The summed E-state index contributed by atoms with van der Waals surface area (Å²) in [6, 6.07) is 3.86. The van der Waals surface area contributed by atoms with E-state index in [0.717, 1.165) is 21.6 Å². The first-order valence-electron chi connectivity index (χ1n) is 11.4. The van der Waals surface area contributed by atoms with E-state index in [1.54, 1.807) is 7.11 Å². The molecule has 188 valence electrons. The number of ketones is 1. The molecule has 1 amide bonds. The molecular formula is C24H32F3NO4PS+. The lowest BCUT2D eigenvalue weighted by atomic mass is 9.77. The predicted octanol–water partition coefficient (Wildman–Crippen LogP) is 3.45.